The van der Waals surface area contributed by atoms with Crippen molar-refractivity contribution in [1.29, 1.82) is 0 Å². The smallest absolute Gasteiger partial charge is 0.246 e. The fourth-order valence-corrected chi connectivity index (χ4v) is 3.37. The van der Waals surface area contributed by atoms with Gasteiger partial charge in [0, 0.05) is 33.4 Å². The standard InChI is InChI=1S/C20H16BrN5O/c21-13-7-8-15-17(10-13)25-19(12-4-3-9-23-11-12)26-20(15)24-16-6-2-1-5-14(16)18(22)27/h1-5,7-11,16H,6H2,(H2,22,27)(H,24,25,26). The SMILES string of the molecule is NC(=O)C1=CC=CCC1Nc1nc(-c2cccnc2)nc2cc(Br)ccc12. The van der Waals surface area contributed by atoms with Crippen molar-refractivity contribution in [2.24, 2.45) is 5.73 Å². The number of carbonyl (C=O) groups is 1. The maximum absolute atomic E-state index is 11.8. The Labute approximate surface area is 164 Å². The van der Waals surface area contributed by atoms with Gasteiger partial charge in [-0.3, -0.25) is 9.78 Å². The van der Waals surface area contributed by atoms with E-state index in [9.17, 15) is 4.79 Å². The number of primary amides is 1. The molecule has 27 heavy (non-hydrogen) atoms. The van der Waals surface area contributed by atoms with E-state index in [4.69, 9.17) is 10.7 Å². The van der Waals surface area contributed by atoms with Crippen LogP contribution in [0.4, 0.5) is 5.82 Å². The molecule has 0 saturated carbocycles. The van der Waals surface area contributed by atoms with Gasteiger partial charge in [0.05, 0.1) is 11.6 Å². The zero-order chi connectivity index (χ0) is 18.8. The van der Waals surface area contributed by atoms with Crippen LogP contribution in [0, 0.1) is 0 Å². The molecule has 0 fully saturated rings. The van der Waals surface area contributed by atoms with Crippen LogP contribution in [-0.2, 0) is 4.79 Å². The first-order valence-electron chi connectivity index (χ1n) is 8.42. The van der Waals surface area contributed by atoms with Crippen molar-refractivity contribution < 1.29 is 4.79 Å². The lowest BCUT2D eigenvalue weighted by Gasteiger charge is -2.22. The Morgan fingerprint density at radius 3 is 2.93 bits per heavy atom. The molecule has 7 heteroatoms. The number of benzene rings is 1. The second-order valence-electron chi connectivity index (χ2n) is 6.15. The number of carbonyl (C=O) groups excluding carboxylic acids is 1. The minimum absolute atomic E-state index is 0.240. The first-order valence-corrected chi connectivity index (χ1v) is 9.22. The number of rotatable bonds is 4. The molecule has 4 rings (SSSR count). The molecule has 2 heterocycles. The third kappa shape index (κ3) is 3.59. The molecule has 1 amide bonds. The molecule has 6 nitrogen and oxygen atoms in total. The predicted octanol–water partition coefficient (Wildman–Crippen LogP) is 3.61. The molecule has 2 aromatic heterocycles. The number of fused-ring (bicyclic) bond motifs is 1. The molecule has 1 aromatic carbocycles. The zero-order valence-corrected chi connectivity index (χ0v) is 15.8. The van der Waals surface area contributed by atoms with Crippen molar-refractivity contribution in [3.05, 3.63) is 71.0 Å². The van der Waals surface area contributed by atoms with Gasteiger partial charge in [-0.2, -0.15) is 0 Å². The second-order valence-corrected chi connectivity index (χ2v) is 7.06. The number of aromatic nitrogens is 3. The van der Waals surface area contributed by atoms with E-state index in [1.165, 1.54) is 0 Å². The van der Waals surface area contributed by atoms with Crippen molar-refractivity contribution in [3.8, 4) is 11.4 Å². The average Bonchev–Trinajstić information content (AvgIpc) is 2.68. The molecular weight excluding hydrogens is 406 g/mol. The van der Waals surface area contributed by atoms with E-state index in [0.717, 1.165) is 20.9 Å². The van der Waals surface area contributed by atoms with Gasteiger partial charge in [0.15, 0.2) is 5.82 Å². The fraction of sp³-hybridized carbons (Fsp3) is 0.100. The van der Waals surface area contributed by atoms with Crippen molar-refractivity contribution >= 4 is 38.6 Å². The van der Waals surface area contributed by atoms with Gasteiger partial charge in [-0.1, -0.05) is 34.2 Å². The molecule has 0 radical (unpaired) electrons. The number of nitrogens with two attached hydrogens (primary N) is 1. The van der Waals surface area contributed by atoms with Gasteiger partial charge in [-0.15, -0.1) is 0 Å². The van der Waals surface area contributed by atoms with E-state index in [0.29, 0.717) is 23.6 Å². The highest BCUT2D eigenvalue weighted by Gasteiger charge is 2.21. The Bertz CT molecular complexity index is 1080. The molecule has 0 spiro atoms. The Morgan fingerprint density at radius 2 is 2.15 bits per heavy atom. The minimum Gasteiger partial charge on any atom is -0.366 e. The summed E-state index contributed by atoms with van der Waals surface area (Å²) in [5, 5.41) is 4.24. The third-order valence-electron chi connectivity index (χ3n) is 4.33. The van der Waals surface area contributed by atoms with E-state index in [2.05, 4.69) is 31.2 Å². The quantitative estimate of drug-likeness (QED) is 0.670. The summed E-state index contributed by atoms with van der Waals surface area (Å²) >= 11 is 3.49. The van der Waals surface area contributed by atoms with Gasteiger partial charge in [-0.25, -0.2) is 9.97 Å². The Hall–Kier alpha value is -3.06. The van der Waals surface area contributed by atoms with E-state index < -0.39 is 5.91 Å². The predicted molar refractivity (Wildman–Crippen MR) is 109 cm³/mol. The molecule has 0 aliphatic heterocycles. The highest BCUT2D eigenvalue weighted by atomic mass is 79.9. The maximum Gasteiger partial charge on any atom is 0.246 e. The van der Waals surface area contributed by atoms with Gasteiger partial charge in [0.2, 0.25) is 5.91 Å². The van der Waals surface area contributed by atoms with Crippen LogP contribution >= 0.6 is 15.9 Å². The zero-order valence-electron chi connectivity index (χ0n) is 14.3. The Balaban J connectivity index is 1.82. The van der Waals surface area contributed by atoms with Crippen molar-refractivity contribution in [3.63, 3.8) is 0 Å². The third-order valence-corrected chi connectivity index (χ3v) is 4.83. The molecule has 3 aromatic rings. The topological polar surface area (TPSA) is 93.8 Å². The number of nitrogens with one attached hydrogen (secondary N) is 1. The normalized spacial score (nSPS) is 16.2. The van der Waals surface area contributed by atoms with Gasteiger partial charge >= 0.3 is 0 Å². The van der Waals surface area contributed by atoms with E-state index in [1.54, 1.807) is 18.5 Å². The first-order chi connectivity index (χ1) is 13.1. The number of allylic oxidation sites excluding steroid dienone is 2. The number of pyridine rings is 1. The van der Waals surface area contributed by atoms with Crippen LogP contribution in [0.2, 0.25) is 0 Å². The van der Waals surface area contributed by atoms with E-state index in [1.807, 2.05) is 42.5 Å². The Morgan fingerprint density at radius 1 is 1.26 bits per heavy atom. The summed E-state index contributed by atoms with van der Waals surface area (Å²) in [6.45, 7) is 0. The number of hydrogen-bond acceptors (Lipinski definition) is 5. The van der Waals surface area contributed by atoms with Gasteiger partial charge in [0.25, 0.3) is 0 Å². The summed E-state index contributed by atoms with van der Waals surface area (Å²) in [6.07, 6.45) is 9.66. The molecule has 1 unspecified atom stereocenters. The summed E-state index contributed by atoms with van der Waals surface area (Å²) in [6, 6.07) is 9.34. The van der Waals surface area contributed by atoms with Crippen LogP contribution in [0.3, 0.4) is 0 Å². The molecular formula is C20H16BrN5O. The maximum atomic E-state index is 11.8. The summed E-state index contributed by atoms with van der Waals surface area (Å²) in [5.74, 6) is 0.774. The number of anilines is 1. The monoisotopic (exact) mass is 421 g/mol. The van der Waals surface area contributed by atoms with Crippen LogP contribution in [0.15, 0.2) is 71.0 Å². The fourth-order valence-electron chi connectivity index (χ4n) is 3.02. The minimum atomic E-state index is -0.439. The molecule has 1 aliphatic carbocycles. The van der Waals surface area contributed by atoms with Gasteiger partial charge in [-0.05, 0) is 36.8 Å². The summed E-state index contributed by atoms with van der Waals surface area (Å²) in [7, 11) is 0. The summed E-state index contributed by atoms with van der Waals surface area (Å²) < 4.78 is 0.926. The molecule has 134 valence electrons. The van der Waals surface area contributed by atoms with Crippen molar-refractivity contribution in [2.45, 2.75) is 12.5 Å². The van der Waals surface area contributed by atoms with Crippen LogP contribution in [0.25, 0.3) is 22.3 Å². The summed E-state index contributed by atoms with van der Waals surface area (Å²) in [5.41, 5.74) is 7.67. The van der Waals surface area contributed by atoms with Gasteiger partial charge in [0.1, 0.15) is 5.82 Å². The highest BCUT2D eigenvalue weighted by molar-refractivity contribution is 9.10. The van der Waals surface area contributed by atoms with E-state index in [-0.39, 0.29) is 6.04 Å². The highest BCUT2D eigenvalue weighted by Crippen LogP contribution is 2.29. The number of nitrogens with zero attached hydrogens (tertiary/aromatic N) is 3. The lowest BCUT2D eigenvalue weighted by atomic mass is 9.98. The van der Waals surface area contributed by atoms with E-state index >= 15 is 0 Å². The lowest BCUT2D eigenvalue weighted by molar-refractivity contribution is -0.114. The van der Waals surface area contributed by atoms with Crippen molar-refractivity contribution in [2.75, 3.05) is 5.32 Å². The van der Waals surface area contributed by atoms with Crippen LogP contribution < -0.4 is 11.1 Å². The largest absolute Gasteiger partial charge is 0.366 e. The van der Waals surface area contributed by atoms with Crippen LogP contribution in [-0.4, -0.2) is 26.9 Å². The number of amides is 1. The van der Waals surface area contributed by atoms with Crippen molar-refractivity contribution in [1.82, 2.24) is 15.0 Å². The summed E-state index contributed by atoms with van der Waals surface area (Å²) in [4.78, 5) is 25.3. The van der Waals surface area contributed by atoms with Gasteiger partial charge < -0.3 is 11.1 Å². The average molecular weight is 422 g/mol. The molecule has 3 N–H and O–H groups in total. The Kier molecular flexibility index (Phi) is 4.68. The number of hydrogen-bond donors (Lipinski definition) is 2. The second kappa shape index (κ2) is 7.28. The molecule has 1 atom stereocenters. The number of halogens is 1. The first kappa shape index (κ1) is 17.4. The van der Waals surface area contributed by atoms with Crippen LogP contribution in [0.1, 0.15) is 6.42 Å². The van der Waals surface area contributed by atoms with Crippen LogP contribution in [0.5, 0.6) is 0 Å². The molecule has 0 saturated heterocycles. The molecule has 1 aliphatic rings. The lowest BCUT2D eigenvalue weighted by Crippen LogP contribution is -2.31. The molecule has 0 bridgehead atoms.